The summed E-state index contributed by atoms with van der Waals surface area (Å²) in [5.74, 6) is -0.945. The second-order valence-electron chi connectivity index (χ2n) is 6.45. The molecular weight excluding hydrogens is 370 g/mol. The molecular formula is C22H23N3O4. The molecule has 0 saturated carbocycles. The van der Waals surface area contributed by atoms with Gasteiger partial charge in [-0.25, -0.2) is 5.43 Å². The molecule has 3 rings (SSSR count). The lowest BCUT2D eigenvalue weighted by Gasteiger charge is -2.08. The molecule has 0 bridgehead atoms. The zero-order valence-electron chi connectivity index (χ0n) is 16.3. The third kappa shape index (κ3) is 4.52. The molecule has 3 aromatic rings. The van der Waals surface area contributed by atoms with E-state index >= 15 is 0 Å². The van der Waals surface area contributed by atoms with Crippen molar-refractivity contribution in [2.45, 2.75) is 26.5 Å². The highest BCUT2D eigenvalue weighted by molar-refractivity contribution is 6.01. The lowest BCUT2D eigenvalue weighted by molar-refractivity contribution is -0.143. The van der Waals surface area contributed by atoms with Crippen molar-refractivity contribution in [1.82, 2.24) is 9.99 Å². The van der Waals surface area contributed by atoms with Crippen molar-refractivity contribution in [1.29, 1.82) is 0 Å². The first-order chi connectivity index (χ1) is 14.0. The van der Waals surface area contributed by atoms with Gasteiger partial charge in [-0.3, -0.25) is 9.59 Å². The number of aromatic nitrogens is 1. The summed E-state index contributed by atoms with van der Waals surface area (Å²) in [7, 11) is 0. The first-order valence-corrected chi connectivity index (χ1v) is 9.32. The Labute approximate surface area is 168 Å². The fraction of sp³-hybridized carbons (Fsp3) is 0.227. The Hall–Kier alpha value is -3.45. The second-order valence-corrected chi connectivity index (χ2v) is 6.45. The topological polar surface area (TPSA) is 92.9 Å². The minimum atomic E-state index is -1.31. The number of benzene rings is 2. The number of nitrogens with zero attached hydrogens (tertiary/aromatic N) is 2. The molecule has 0 unspecified atom stereocenters. The molecule has 7 heteroatoms. The van der Waals surface area contributed by atoms with E-state index in [1.165, 1.54) is 6.21 Å². The molecule has 0 saturated heterocycles. The third-order valence-electron chi connectivity index (χ3n) is 4.60. The van der Waals surface area contributed by atoms with Crippen molar-refractivity contribution in [3.63, 3.8) is 0 Å². The van der Waals surface area contributed by atoms with E-state index in [2.05, 4.69) is 10.5 Å². The Bertz CT molecular complexity index is 1040. The number of hydrazone groups is 1. The third-order valence-corrected chi connectivity index (χ3v) is 4.60. The molecule has 0 radical (unpaired) electrons. The summed E-state index contributed by atoms with van der Waals surface area (Å²) in [6, 6.07) is 16.3. The number of nitrogens with one attached hydrogen (secondary N) is 1. The molecule has 0 aliphatic carbocycles. The van der Waals surface area contributed by atoms with E-state index in [1.807, 2.05) is 35.8 Å². The lowest BCUT2D eigenvalue weighted by Crippen LogP contribution is -2.25. The minimum Gasteiger partial charge on any atom is -0.465 e. The summed E-state index contributed by atoms with van der Waals surface area (Å²) in [5, 5.41) is 15.0. The van der Waals surface area contributed by atoms with Crippen LogP contribution in [0.2, 0.25) is 0 Å². The Kier molecular flexibility index (Phi) is 6.41. The number of amides is 1. The van der Waals surface area contributed by atoms with Gasteiger partial charge in [-0.2, -0.15) is 5.10 Å². The Balaban J connectivity index is 1.82. The number of rotatable bonds is 7. The van der Waals surface area contributed by atoms with Crippen LogP contribution in [0.4, 0.5) is 0 Å². The fourth-order valence-electron chi connectivity index (χ4n) is 3.17. The lowest BCUT2D eigenvalue weighted by atomic mass is 10.1. The van der Waals surface area contributed by atoms with Gasteiger partial charge in [-0.15, -0.1) is 0 Å². The van der Waals surface area contributed by atoms with Crippen LogP contribution in [0.5, 0.6) is 0 Å². The molecule has 2 aromatic carbocycles. The number of para-hydroxylation sites is 1. The summed E-state index contributed by atoms with van der Waals surface area (Å²) in [4.78, 5) is 24.1. The van der Waals surface area contributed by atoms with E-state index in [1.54, 1.807) is 37.3 Å². The molecule has 2 N–H and O–H groups in total. The SMILES string of the molecule is CCOC(=O)Cn1c(C)c(/C=N\NC(=O)[C@H](O)c2ccccc2)c2ccccc21. The van der Waals surface area contributed by atoms with Crippen molar-refractivity contribution in [3.8, 4) is 0 Å². The van der Waals surface area contributed by atoms with Gasteiger partial charge in [0.05, 0.1) is 12.8 Å². The van der Waals surface area contributed by atoms with Crippen LogP contribution in [0.3, 0.4) is 0 Å². The van der Waals surface area contributed by atoms with E-state index in [-0.39, 0.29) is 12.5 Å². The number of esters is 1. The van der Waals surface area contributed by atoms with Crippen LogP contribution in [0.25, 0.3) is 10.9 Å². The van der Waals surface area contributed by atoms with Crippen LogP contribution in [0.1, 0.15) is 29.8 Å². The average molecular weight is 393 g/mol. The first-order valence-electron chi connectivity index (χ1n) is 9.32. The van der Waals surface area contributed by atoms with Crippen molar-refractivity contribution >= 4 is 29.0 Å². The number of carbonyl (C=O) groups is 2. The van der Waals surface area contributed by atoms with Crippen molar-refractivity contribution < 1.29 is 19.4 Å². The summed E-state index contributed by atoms with van der Waals surface area (Å²) in [6.07, 6.45) is 0.217. The maximum Gasteiger partial charge on any atom is 0.325 e. The highest BCUT2D eigenvalue weighted by Crippen LogP contribution is 2.24. The predicted octanol–water partition coefficient (Wildman–Crippen LogP) is 2.70. The molecule has 1 atom stereocenters. The minimum absolute atomic E-state index is 0.0904. The van der Waals surface area contributed by atoms with Gasteiger partial charge < -0.3 is 14.4 Å². The largest absolute Gasteiger partial charge is 0.465 e. The monoisotopic (exact) mass is 393 g/mol. The second kappa shape index (κ2) is 9.16. The number of hydrogen-bond acceptors (Lipinski definition) is 5. The molecule has 0 fully saturated rings. The average Bonchev–Trinajstić information content (AvgIpc) is 3.00. The number of carbonyl (C=O) groups excluding carboxylic acids is 2. The molecule has 1 heterocycles. The van der Waals surface area contributed by atoms with Gasteiger partial charge in [0.15, 0.2) is 6.10 Å². The van der Waals surface area contributed by atoms with Crippen LogP contribution in [-0.2, 0) is 20.9 Å². The Morgan fingerprint density at radius 1 is 1.17 bits per heavy atom. The van der Waals surface area contributed by atoms with Crippen LogP contribution in [0, 0.1) is 6.92 Å². The van der Waals surface area contributed by atoms with E-state index in [9.17, 15) is 14.7 Å². The van der Waals surface area contributed by atoms with Crippen LogP contribution in [0.15, 0.2) is 59.7 Å². The molecule has 0 aliphatic rings. The van der Waals surface area contributed by atoms with Crippen LogP contribution < -0.4 is 5.43 Å². The maximum atomic E-state index is 12.2. The number of ether oxygens (including phenoxy) is 1. The number of aliphatic hydroxyl groups is 1. The van der Waals surface area contributed by atoms with Gasteiger partial charge >= 0.3 is 5.97 Å². The van der Waals surface area contributed by atoms with Gasteiger partial charge in [0, 0.05) is 22.2 Å². The summed E-state index contributed by atoms with van der Waals surface area (Å²) >= 11 is 0. The number of fused-ring (bicyclic) bond motifs is 1. The summed E-state index contributed by atoms with van der Waals surface area (Å²) in [5.41, 5.74) is 5.33. The smallest absolute Gasteiger partial charge is 0.325 e. The highest BCUT2D eigenvalue weighted by atomic mass is 16.5. The van der Waals surface area contributed by atoms with Gasteiger partial charge in [0.1, 0.15) is 6.54 Å². The molecule has 150 valence electrons. The van der Waals surface area contributed by atoms with Crippen molar-refractivity contribution in [2.24, 2.45) is 5.10 Å². The van der Waals surface area contributed by atoms with Gasteiger partial charge in [0.2, 0.25) is 0 Å². The Morgan fingerprint density at radius 3 is 2.59 bits per heavy atom. The molecule has 7 nitrogen and oxygen atoms in total. The summed E-state index contributed by atoms with van der Waals surface area (Å²) in [6.45, 7) is 4.05. The molecule has 0 spiro atoms. The van der Waals surface area contributed by atoms with Gasteiger partial charge in [0.25, 0.3) is 5.91 Å². The van der Waals surface area contributed by atoms with Gasteiger partial charge in [-0.05, 0) is 25.5 Å². The van der Waals surface area contributed by atoms with Crippen LogP contribution in [-0.4, -0.2) is 34.4 Å². The number of aliphatic hydroxyl groups excluding tert-OH is 1. The molecule has 1 aromatic heterocycles. The quantitative estimate of drug-likeness (QED) is 0.367. The molecule has 29 heavy (non-hydrogen) atoms. The van der Waals surface area contributed by atoms with Crippen LogP contribution >= 0.6 is 0 Å². The zero-order chi connectivity index (χ0) is 20.8. The predicted molar refractivity (Wildman–Crippen MR) is 110 cm³/mol. The Morgan fingerprint density at radius 2 is 1.86 bits per heavy atom. The van der Waals surface area contributed by atoms with Crippen molar-refractivity contribution in [2.75, 3.05) is 6.61 Å². The fourth-order valence-corrected chi connectivity index (χ4v) is 3.17. The molecule has 1 amide bonds. The standard InChI is InChI=1S/C22H23N3O4/c1-3-29-20(26)14-25-15(2)18(17-11-7-8-12-19(17)25)13-23-24-22(28)21(27)16-9-5-4-6-10-16/h4-13,21,27H,3,14H2,1-2H3,(H,24,28)/b23-13-/t21-/m1/s1. The van der Waals surface area contributed by atoms with Gasteiger partial charge in [-0.1, -0.05) is 48.5 Å². The maximum absolute atomic E-state index is 12.2. The van der Waals surface area contributed by atoms with Crippen molar-refractivity contribution in [3.05, 3.63) is 71.4 Å². The summed E-state index contributed by atoms with van der Waals surface area (Å²) < 4.78 is 6.92. The van der Waals surface area contributed by atoms with E-state index in [0.29, 0.717) is 12.2 Å². The first kappa shape index (κ1) is 20.3. The normalized spacial score (nSPS) is 12.2. The van der Waals surface area contributed by atoms with E-state index in [0.717, 1.165) is 22.2 Å². The highest BCUT2D eigenvalue weighted by Gasteiger charge is 2.17. The zero-order valence-corrected chi connectivity index (χ0v) is 16.3. The van der Waals surface area contributed by atoms with E-state index < -0.39 is 12.0 Å². The van der Waals surface area contributed by atoms with E-state index in [4.69, 9.17) is 4.74 Å². The number of hydrogen-bond donors (Lipinski definition) is 2. The molecule has 0 aliphatic heterocycles.